The second-order valence-electron chi connectivity index (χ2n) is 3.33. The molecular weight excluding hydrogens is 142 g/mol. The largest absolute Gasteiger partial charge is 0.355 e. The minimum absolute atomic E-state index is 0.101. The normalized spacial score (nSPS) is 23.7. The van der Waals surface area contributed by atoms with Gasteiger partial charge in [-0.2, -0.15) is 0 Å². The number of hydrogen-bond donors (Lipinski definition) is 1. The predicted octanol–water partition coefficient (Wildman–Crippen LogP) is 0.733. The van der Waals surface area contributed by atoms with Gasteiger partial charge in [-0.25, -0.2) is 0 Å². The monoisotopic (exact) mass is 159 g/mol. The van der Waals surface area contributed by atoms with E-state index in [1.807, 2.05) is 6.92 Å². The van der Waals surface area contributed by atoms with Crippen molar-refractivity contribution in [2.24, 2.45) is 11.1 Å². The molecule has 0 heterocycles. The van der Waals surface area contributed by atoms with E-state index in [1.54, 1.807) is 14.2 Å². The Hall–Kier alpha value is -0.120. The molecule has 2 N–H and O–H groups in total. The van der Waals surface area contributed by atoms with E-state index in [0.717, 1.165) is 12.8 Å². The molecular formula is C8H17NO2. The van der Waals surface area contributed by atoms with Crippen molar-refractivity contribution in [1.82, 2.24) is 0 Å². The molecule has 0 amide bonds. The Balaban J connectivity index is 2.55. The highest BCUT2D eigenvalue weighted by Gasteiger charge is 2.53. The standard InChI is InChI=1S/C8H17NO2/c1-6(9)8(4-5-8)7(10-2)11-3/h6-7H,4-5,9H2,1-3H3. The Morgan fingerprint density at radius 1 is 1.27 bits per heavy atom. The van der Waals surface area contributed by atoms with Crippen LogP contribution in [0, 0.1) is 5.41 Å². The molecule has 66 valence electrons. The quantitative estimate of drug-likeness (QED) is 0.615. The van der Waals surface area contributed by atoms with Crippen LogP contribution in [0.15, 0.2) is 0 Å². The summed E-state index contributed by atoms with van der Waals surface area (Å²) in [6.45, 7) is 2.01. The minimum atomic E-state index is -0.123. The molecule has 0 bridgehead atoms. The summed E-state index contributed by atoms with van der Waals surface area (Å²) in [5.74, 6) is 0. The van der Waals surface area contributed by atoms with Gasteiger partial charge in [-0.15, -0.1) is 0 Å². The van der Waals surface area contributed by atoms with Gasteiger partial charge in [0.25, 0.3) is 0 Å². The van der Waals surface area contributed by atoms with E-state index < -0.39 is 0 Å². The molecule has 1 aliphatic rings. The lowest BCUT2D eigenvalue weighted by atomic mass is 9.98. The number of methoxy groups -OCH3 is 2. The fraction of sp³-hybridized carbons (Fsp3) is 1.00. The van der Waals surface area contributed by atoms with Crippen LogP contribution in [0.25, 0.3) is 0 Å². The van der Waals surface area contributed by atoms with Crippen LogP contribution < -0.4 is 5.73 Å². The number of rotatable bonds is 4. The van der Waals surface area contributed by atoms with Crippen molar-refractivity contribution in [3.8, 4) is 0 Å². The molecule has 0 spiro atoms. The summed E-state index contributed by atoms with van der Waals surface area (Å²) in [6.07, 6.45) is 2.12. The average Bonchev–Trinajstić information content (AvgIpc) is 2.71. The molecule has 0 saturated heterocycles. The van der Waals surface area contributed by atoms with Crippen LogP contribution in [-0.2, 0) is 9.47 Å². The van der Waals surface area contributed by atoms with Crippen LogP contribution in [-0.4, -0.2) is 26.6 Å². The zero-order valence-electron chi connectivity index (χ0n) is 7.46. The third-order valence-electron chi connectivity index (χ3n) is 2.63. The Morgan fingerprint density at radius 3 is 1.82 bits per heavy atom. The molecule has 1 aliphatic carbocycles. The first-order valence-electron chi connectivity index (χ1n) is 3.98. The maximum Gasteiger partial charge on any atom is 0.163 e. The predicted molar refractivity (Wildman–Crippen MR) is 43.1 cm³/mol. The van der Waals surface area contributed by atoms with Crippen LogP contribution in [0.4, 0.5) is 0 Å². The second kappa shape index (κ2) is 3.09. The number of nitrogens with two attached hydrogens (primary N) is 1. The highest BCUT2D eigenvalue weighted by molar-refractivity contribution is 5.01. The van der Waals surface area contributed by atoms with Crippen LogP contribution >= 0.6 is 0 Å². The van der Waals surface area contributed by atoms with Gasteiger partial charge in [0.2, 0.25) is 0 Å². The Kier molecular flexibility index (Phi) is 2.52. The van der Waals surface area contributed by atoms with Crippen LogP contribution in [0.1, 0.15) is 19.8 Å². The molecule has 0 aromatic rings. The summed E-state index contributed by atoms with van der Waals surface area (Å²) in [4.78, 5) is 0. The fourth-order valence-corrected chi connectivity index (χ4v) is 1.62. The van der Waals surface area contributed by atoms with E-state index in [2.05, 4.69) is 0 Å². The number of hydrogen-bond acceptors (Lipinski definition) is 3. The molecule has 1 saturated carbocycles. The first kappa shape index (κ1) is 8.97. The molecule has 1 unspecified atom stereocenters. The lowest BCUT2D eigenvalue weighted by Gasteiger charge is -2.27. The van der Waals surface area contributed by atoms with E-state index in [-0.39, 0.29) is 17.7 Å². The first-order valence-corrected chi connectivity index (χ1v) is 3.98. The van der Waals surface area contributed by atoms with Gasteiger partial charge in [0.15, 0.2) is 6.29 Å². The summed E-state index contributed by atoms with van der Waals surface area (Å²) >= 11 is 0. The smallest absolute Gasteiger partial charge is 0.163 e. The zero-order valence-corrected chi connectivity index (χ0v) is 7.46. The van der Waals surface area contributed by atoms with E-state index >= 15 is 0 Å². The highest BCUT2D eigenvalue weighted by atomic mass is 16.7. The maximum absolute atomic E-state index is 5.82. The maximum atomic E-state index is 5.82. The lowest BCUT2D eigenvalue weighted by Crippen LogP contribution is -2.39. The minimum Gasteiger partial charge on any atom is -0.355 e. The molecule has 0 aromatic carbocycles. The third kappa shape index (κ3) is 1.41. The van der Waals surface area contributed by atoms with Gasteiger partial charge in [0.05, 0.1) is 0 Å². The highest BCUT2D eigenvalue weighted by Crippen LogP contribution is 2.52. The van der Waals surface area contributed by atoms with Gasteiger partial charge in [-0.3, -0.25) is 0 Å². The van der Waals surface area contributed by atoms with Crippen molar-refractivity contribution < 1.29 is 9.47 Å². The molecule has 1 atom stereocenters. The third-order valence-corrected chi connectivity index (χ3v) is 2.63. The summed E-state index contributed by atoms with van der Waals surface area (Å²) in [6, 6.07) is 0.160. The van der Waals surface area contributed by atoms with Crippen molar-refractivity contribution >= 4 is 0 Å². The number of ether oxygens (including phenoxy) is 2. The summed E-state index contributed by atoms with van der Waals surface area (Å²) in [5, 5.41) is 0. The van der Waals surface area contributed by atoms with Gasteiger partial charge in [0, 0.05) is 25.7 Å². The van der Waals surface area contributed by atoms with Gasteiger partial charge in [-0.1, -0.05) is 0 Å². The van der Waals surface area contributed by atoms with Crippen molar-refractivity contribution in [2.45, 2.75) is 32.1 Å². The van der Waals surface area contributed by atoms with Gasteiger partial charge < -0.3 is 15.2 Å². The van der Waals surface area contributed by atoms with E-state index in [9.17, 15) is 0 Å². The van der Waals surface area contributed by atoms with E-state index in [4.69, 9.17) is 15.2 Å². The molecule has 11 heavy (non-hydrogen) atoms. The fourth-order valence-electron chi connectivity index (χ4n) is 1.62. The van der Waals surface area contributed by atoms with Crippen molar-refractivity contribution in [3.63, 3.8) is 0 Å². The SMILES string of the molecule is COC(OC)C1(C(C)N)CC1. The van der Waals surface area contributed by atoms with Crippen LogP contribution in [0.5, 0.6) is 0 Å². The van der Waals surface area contributed by atoms with Crippen molar-refractivity contribution in [1.29, 1.82) is 0 Å². The Morgan fingerprint density at radius 2 is 1.73 bits per heavy atom. The summed E-state index contributed by atoms with van der Waals surface area (Å²) in [5.41, 5.74) is 5.93. The molecule has 0 aliphatic heterocycles. The Bertz CT molecular complexity index is 128. The lowest BCUT2D eigenvalue weighted by molar-refractivity contribution is -0.151. The Labute approximate surface area is 67.9 Å². The molecule has 1 rings (SSSR count). The van der Waals surface area contributed by atoms with Crippen molar-refractivity contribution in [3.05, 3.63) is 0 Å². The van der Waals surface area contributed by atoms with Crippen LogP contribution in [0.2, 0.25) is 0 Å². The molecule has 3 heteroatoms. The van der Waals surface area contributed by atoms with Gasteiger partial charge in [-0.05, 0) is 19.8 Å². The zero-order chi connectivity index (χ0) is 8.48. The molecule has 3 nitrogen and oxygen atoms in total. The topological polar surface area (TPSA) is 44.5 Å². The first-order chi connectivity index (χ1) is 5.17. The second-order valence-corrected chi connectivity index (χ2v) is 3.33. The van der Waals surface area contributed by atoms with Gasteiger partial charge >= 0.3 is 0 Å². The average molecular weight is 159 g/mol. The summed E-state index contributed by atoms with van der Waals surface area (Å²) in [7, 11) is 3.33. The van der Waals surface area contributed by atoms with Gasteiger partial charge in [0.1, 0.15) is 0 Å². The molecule has 0 radical (unpaired) electrons. The summed E-state index contributed by atoms with van der Waals surface area (Å²) < 4.78 is 10.4. The molecule has 0 aromatic heterocycles. The molecule has 1 fully saturated rings. The van der Waals surface area contributed by atoms with Crippen molar-refractivity contribution in [2.75, 3.05) is 14.2 Å². The van der Waals surface area contributed by atoms with E-state index in [0.29, 0.717) is 0 Å². The van der Waals surface area contributed by atoms with E-state index in [1.165, 1.54) is 0 Å². The van der Waals surface area contributed by atoms with Crippen LogP contribution in [0.3, 0.4) is 0 Å².